The zero-order chi connectivity index (χ0) is 16.5. The number of aryl methyl sites for hydroxylation is 2. The Bertz CT molecular complexity index is 784. The Kier molecular flexibility index (Phi) is 4.00. The van der Waals surface area contributed by atoms with Crippen molar-refractivity contribution in [3.8, 4) is 11.3 Å². The van der Waals surface area contributed by atoms with Crippen molar-refractivity contribution in [3.05, 3.63) is 41.0 Å². The number of benzene rings is 1. The van der Waals surface area contributed by atoms with E-state index in [0.29, 0.717) is 18.1 Å². The van der Waals surface area contributed by atoms with Crippen molar-refractivity contribution in [1.29, 1.82) is 0 Å². The SMILES string of the molecule is O=CNc1nc2c(nc1CC1CCCC1)-c1ccc(F)cc1CC2. The number of carbonyl (C=O) groups excluding carboxylic acids is 1. The van der Waals surface area contributed by atoms with Crippen molar-refractivity contribution >= 4 is 12.2 Å². The number of hydrogen-bond donors (Lipinski definition) is 1. The van der Waals surface area contributed by atoms with E-state index < -0.39 is 0 Å². The van der Waals surface area contributed by atoms with Crippen molar-refractivity contribution in [1.82, 2.24) is 9.97 Å². The van der Waals surface area contributed by atoms with E-state index in [1.807, 2.05) is 0 Å². The Balaban J connectivity index is 1.77. The molecule has 1 saturated carbocycles. The van der Waals surface area contributed by atoms with Crippen LogP contribution in [0.15, 0.2) is 18.2 Å². The van der Waals surface area contributed by atoms with Gasteiger partial charge in [-0.05, 0) is 48.9 Å². The number of fused-ring (bicyclic) bond motifs is 3. The minimum Gasteiger partial charge on any atom is -0.312 e. The first-order valence-electron chi connectivity index (χ1n) is 8.63. The fraction of sp³-hybridized carbons (Fsp3) is 0.421. The number of carbonyl (C=O) groups is 1. The van der Waals surface area contributed by atoms with Crippen LogP contribution in [0.5, 0.6) is 0 Å². The van der Waals surface area contributed by atoms with Gasteiger partial charge in [-0.1, -0.05) is 25.7 Å². The molecule has 0 bridgehead atoms. The molecule has 1 N–H and O–H groups in total. The van der Waals surface area contributed by atoms with Crippen LogP contribution in [-0.4, -0.2) is 16.4 Å². The standard InChI is InChI=1S/C19H20FN3O/c20-14-6-7-15-13(10-14)5-8-16-18(15)22-17(19(23-16)21-11-24)9-12-3-1-2-4-12/h6-7,10-12H,1-5,8-9H2,(H,21,23,24). The summed E-state index contributed by atoms with van der Waals surface area (Å²) in [6, 6.07) is 4.86. The first kappa shape index (κ1) is 15.2. The highest BCUT2D eigenvalue weighted by atomic mass is 19.1. The van der Waals surface area contributed by atoms with Gasteiger partial charge in [0.1, 0.15) is 5.82 Å². The van der Waals surface area contributed by atoms with E-state index in [-0.39, 0.29) is 5.82 Å². The van der Waals surface area contributed by atoms with E-state index in [9.17, 15) is 9.18 Å². The molecule has 2 aliphatic rings. The van der Waals surface area contributed by atoms with Gasteiger partial charge in [0.05, 0.1) is 17.1 Å². The minimum absolute atomic E-state index is 0.212. The van der Waals surface area contributed by atoms with E-state index in [1.54, 1.807) is 12.1 Å². The molecule has 1 aromatic carbocycles. The summed E-state index contributed by atoms with van der Waals surface area (Å²) in [7, 11) is 0. The lowest BCUT2D eigenvalue weighted by molar-refractivity contribution is -0.105. The second kappa shape index (κ2) is 6.30. The van der Waals surface area contributed by atoms with Crippen LogP contribution in [0.2, 0.25) is 0 Å². The summed E-state index contributed by atoms with van der Waals surface area (Å²) in [5.41, 5.74) is 4.54. The second-order valence-electron chi connectivity index (χ2n) is 6.73. The van der Waals surface area contributed by atoms with Crippen LogP contribution in [0.4, 0.5) is 10.2 Å². The summed E-state index contributed by atoms with van der Waals surface area (Å²) in [5, 5.41) is 2.72. The fourth-order valence-electron chi connectivity index (χ4n) is 3.95. The third-order valence-corrected chi connectivity index (χ3v) is 5.15. The van der Waals surface area contributed by atoms with Crippen LogP contribution in [0, 0.1) is 11.7 Å². The molecule has 5 heteroatoms. The average molecular weight is 325 g/mol. The van der Waals surface area contributed by atoms with Crippen LogP contribution >= 0.6 is 0 Å². The number of hydrogen-bond acceptors (Lipinski definition) is 3. The molecule has 0 spiro atoms. The highest BCUT2D eigenvalue weighted by Gasteiger charge is 2.24. The molecule has 4 nitrogen and oxygen atoms in total. The van der Waals surface area contributed by atoms with Gasteiger partial charge in [-0.2, -0.15) is 0 Å². The first-order chi connectivity index (χ1) is 11.7. The van der Waals surface area contributed by atoms with Crippen LogP contribution in [-0.2, 0) is 24.1 Å². The second-order valence-corrected chi connectivity index (χ2v) is 6.73. The Hall–Kier alpha value is -2.30. The molecule has 24 heavy (non-hydrogen) atoms. The largest absolute Gasteiger partial charge is 0.312 e. The zero-order valence-electron chi connectivity index (χ0n) is 13.5. The van der Waals surface area contributed by atoms with Crippen molar-refractivity contribution in [2.75, 3.05) is 5.32 Å². The van der Waals surface area contributed by atoms with E-state index in [1.165, 1.54) is 31.7 Å². The maximum atomic E-state index is 13.5. The number of nitrogens with zero attached hydrogens (tertiary/aromatic N) is 2. The number of halogens is 1. The molecular weight excluding hydrogens is 305 g/mol. The topological polar surface area (TPSA) is 54.9 Å². The third-order valence-electron chi connectivity index (χ3n) is 5.15. The lowest BCUT2D eigenvalue weighted by Gasteiger charge is -2.21. The van der Waals surface area contributed by atoms with Crippen LogP contribution < -0.4 is 5.32 Å². The predicted octanol–water partition coefficient (Wildman–Crippen LogP) is 3.68. The molecule has 1 aromatic heterocycles. The molecule has 0 unspecified atom stereocenters. The van der Waals surface area contributed by atoms with Gasteiger partial charge in [-0.15, -0.1) is 0 Å². The van der Waals surface area contributed by atoms with Gasteiger partial charge in [0.15, 0.2) is 5.82 Å². The van der Waals surface area contributed by atoms with E-state index in [4.69, 9.17) is 4.98 Å². The van der Waals surface area contributed by atoms with Gasteiger partial charge >= 0.3 is 0 Å². The molecule has 2 aliphatic carbocycles. The van der Waals surface area contributed by atoms with Gasteiger partial charge in [0, 0.05) is 5.56 Å². The molecule has 124 valence electrons. The molecule has 1 fully saturated rings. The van der Waals surface area contributed by atoms with Gasteiger partial charge < -0.3 is 5.32 Å². The summed E-state index contributed by atoms with van der Waals surface area (Å²) >= 11 is 0. The monoisotopic (exact) mass is 325 g/mol. The maximum absolute atomic E-state index is 13.5. The van der Waals surface area contributed by atoms with Gasteiger partial charge in [-0.25, -0.2) is 14.4 Å². The highest BCUT2D eigenvalue weighted by Crippen LogP contribution is 2.35. The summed E-state index contributed by atoms with van der Waals surface area (Å²) in [6.45, 7) is 0. The molecule has 0 saturated heterocycles. The highest BCUT2D eigenvalue weighted by molar-refractivity contribution is 5.74. The first-order valence-corrected chi connectivity index (χ1v) is 8.63. The number of nitrogens with one attached hydrogen (secondary N) is 1. The van der Waals surface area contributed by atoms with Crippen molar-refractivity contribution < 1.29 is 9.18 Å². The Morgan fingerprint density at radius 1 is 1.21 bits per heavy atom. The van der Waals surface area contributed by atoms with Crippen molar-refractivity contribution in [3.63, 3.8) is 0 Å². The number of anilines is 1. The van der Waals surface area contributed by atoms with Crippen LogP contribution in [0.3, 0.4) is 0 Å². The lowest BCUT2D eigenvalue weighted by Crippen LogP contribution is -2.15. The number of amides is 1. The Labute approximate surface area is 140 Å². The van der Waals surface area contributed by atoms with Gasteiger partial charge in [0.25, 0.3) is 0 Å². The third kappa shape index (κ3) is 2.79. The summed E-state index contributed by atoms with van der Waals surface area (Å²) < 4.78 is 13.5. The fourth-order valence-corrected chi connectivity index (χ4v) is 3.95. The maximum Gasteiger partial charge on any atom is 0.212 e. The van der Waals surface area contributed by atoms with E-state index in [2.05, 4.69) is 10.3 Å². The molecule has 1 heterocycles. The molecule has 0 aliphatic heterocycles. The molecule has 1 amide bonds. The Morgan fingerprint density at radius 3 is 2.83 bits per heavy atom. The summed E-state index contributed by atoms with van der Waals surface area (Å²) in [5.74, 6) is 0.984. The van der Waals surface area contributed by atoms with Crippen molar-refractivity contribution in [2.24, 2.45) is 5.92 Å². The van der Waals surface area contributed by atoms with Gasteiger partial charge in [0.2, 0.25) is 6.41 Å². The average Bonchev–Trinajstić information content (AvgIpc) is 3.08. The molecule has 0 radical (unpaired) electrons. The lowest BCUT2D eigenvalue weighted by atomic mass is 9.91. The van der Waals surface area contributed by atoms with E-state index >= 15 is 0 Å². The molecule has 2 aromatic rings. The number of aromatic nitrogens is 2. The molecule has 0 atom stereocenters. The van der Waals surface area contributed by atoms with Crippen LogP contribution in [0.1, 0.15) is 42.6 Å². The smallest absolute Gasteiger partial charge is 0.212 e. The molecular formula is C19H20FN3O. The zero-order valence-corrected chi connectivity index (χ0v) is 13.5. The predicted molar refractivity (Wildman–Crippen MR) is 90.2 cm³/mol. The van der Waals surface area contributed by atoms with Crippen LogP contribution in [0.25, 0.3) is 11.3 Å². The summed E-state index contributed by atoms with van der Waals surface area (Å²) in [4.78, 5) is 20.5. The number of rotatable bonds is 4. The van der Waals surface area contributed by atoms with E-state index in [0.717, 1.165) is 47.5 Å². The Morgan fingerprint density at radius 2 is 2.04 bits per heavy atom. The summed E-state index contributed by atoms with van der Waals surface area (Å²) in [6.07, 6.45) is 7.92. The normalized spacial score (nSPS) is 16.5. The minimum atomic E-state index is -0.212. The quantitative estimate of drug-likeness (QED) is 0.872. The molecule has 4 rings (SSSR count). The van der Waals surface area contributed by atoms with Crippen molar-refractivity contribution in [2.45, 2.75) is 44.9 Å². The van der Waals surface area contributed by atoms with Gasteiger partial charge in [-0.3, -0.25) is 4.79 Å².